The summed E-state index contributed by atoms with van der Waals surface area (Å²) in [5.74, 6) is 0.685. The second kappa shape index (κ2) is 10.9. The fourth-order valence-corrected chi connectivity index (χ4v) is 4.02. The van der Waals surface area contributed by atoms with Crippen LogP contribution in [-0.4, -0.2) is 59.7 Å². The van der Waals surface area contributed by atoms with E-state index in [1.807, 2.05) is 23.8 Å². The zero-order valence-corrected chi connectivity index (χ0v) is 20.7. The minimum atomic E-state index is -4.52. The smallest absolute Gasteiger partial charge is 0.353 e. The molecule has 1 fully saturated rings. The monoisotopic (exact) mass is 540 g/mol. The van der Waals surface area contributed by atoms with E-state index >= 15 is 0 Å². The van der Waals surface area contributed by atoms with Gasteiger partial charge in [0.2, 0.25) is 17.8 Å². The highest BCUT2D eigenvalue weighted by Crippen LogP contribution is 2.35. The maximum atomic E-state index is 13.5. The van der Waals surface area contributed by atoms with Crippen molar-refractivity contribution in [2.75, 3.05) is 59.8 Å². The summed E-state index contributed by atoms with van der Waals surface area (Å²) in [6.07, 6.45) is -6.82. The van der Waals surface area contributed by atoms with Crippen molar-refractivity contribution in [3.05, 3.63) is 53.7 Å². The number of halogens is 6. The van der Waals surface area contributed by atoms with Crippen LogP contribution in [0.2, 0.25) is 0 Å². The molecule has 1 aliphatic heterocycles. The Labute approximate surface area is 215 Å². The maximum absolute atomic E-state index is 13.5. The number of piperazine rings is 1. The number of alkyl halides is 6. The van der Waals surface area contributed by atoms with Gasteiger partial charge < -0.3 is 20.0 Å². The Hall–Kier alpha value is -3.84. The third-order valence-electron chi connectivity index (χ3n) is 5.93. The summed E-state index contributed by atoms with van der Waals surface area (Å²) in [6.45, 7) is 3.81. The van der Waals surface area contributed by atoms with Gasteiger partial charge in [-0.1, -0.05) is 6.92 Å². The van der Waals surface area contributed by atoms with Crippen molar-refractivity contribution in [3.8, 4) is 0 Å². The van der Waals surface area contributed by atoms with Gasteiger partial charge in [-0.25, -0.2) is 4.98 Å². The second-order valence-corrected chi connectivity index (χ2v) is 8.73. The first-order valence-corrected chi connectivity index (χ1v) is 11.9. The molecule has 0 saturated carbocycles. The molecule has 8 nitrogen and oxygen atoms in total. The van der Waals surface area contributed by atoms with E-state index in [0.29, 0.717) is 37.2 Å². The van der Waals surface area contributed by atoms with Gasteiger partial charge in [-0.3, -0.25) is 0 Å². The van der Waals surface area contributed by atoms with Crippen LogP contribution in [0, 0.1) is 0 Å². The van der Waals surface area contributed by atoms with Crippen LogP contribution in [0.5, 0.6) is 0 Å². The number of hydrogen-bond acceptors (Lipinski definition) is 8. The van der Waals surface area contributed by atoms with Crippen molar-refractivity contribution in [2.24, 2.45) is 0 Å². The number of benzene rings is 1. The fourth-order valence-electron chi connectivity index (χ4n) is 4.02. The standard InChI is InChI=1S/C24H26F6N8/c1-3-11-36(2)21-33-20(32-17-8-6-16(7-9-17)23(25,26)27)34-22(35-21)38-14-12-37(13-15-38)19-18(24(28,29)30)5-4-10-31-19/h4-10H,3,11-15H2,1-2H3,(H,32,33,34,35). The van der Waals surface area contributed by atoms with E-state index in [1.165, 1.54) is 24.4 Å². The molecular formula is C24H26F6N8. The highest BCUT2D eigenvalue weighted by molar-refractivity contribution is 5.57. The van der Waals surface area contributed by atoms with Crippen molar-refractivity contribution in [1.82, 2.24) is 19.9 Å². The summed E-state index contributed by atoms with van der Waals surface area (Å²) in [5.41, 5.74) is -1.21. The van der Waals surface area contributed by atoms with Gasteiger partial charge in [-0.05, 0) is 42.8 Å². The number of anilines is 5. The summed E-state index contributed by atoms with van der Waals surface area (Å²) in [4.78, 5) is 22.6. The molecule has 0 spiro atoms. The van der Waals surface area contributed by atoms with E-state index in [0.717, 1.165) is 24.6 Å². The van der Waals surface area contributed by atoms with Crippen molar-refractivity contribution < 1.29 is 26.3 Å². The third-order valence-corrected chi connectivity index (χ3v) is 5.93. The molecule has 3 aromatic rings. The first-order valence-electron chi connectivity index (χ1n) is 11.9. The number of nitrogens with zero attached hydrogens (tertiary/aromatic N) is 7. The predicted octanol–water partition coefficient (Wildman–Crippen LogP) is 5.22. The average Bonchev–Trinajstić information content (AvgIpc) is 2.88. The molecule has 1 saturated heterocycles. The Kier molecular flexibility index (Phi) is 7.78. The molecule has 4 rings (SSSR count). The minimum absolute atomic E-state index is 0.122. The molecule has 204 valence electrons. The normalized spacial score (nSPS) is 14.5. The van der Waals surface area contributed by atoms with Crippen LogP contribution >= 0.6 is 0 Å². The summed E-state index contributed by atoms with van der Waals surface area (Å²) >= 11 is 0. The van der Waals surface area contributed by atoms with Gasteiger partial charge in [0, 0.05) is 51.7 Å². The van der Waals surface area contributed by atoms with Gasteiger partial charge in [0.25, 0.3) is 0 Å². The number of aromatic nitrogens is 4. The molecule has 0 atom stereocenters. The SMILES string of the molecule is CCCN(C)c1nc(Nc2ccc(C(F)(F)F)cc2)nc(N2CCN(c3ncccc3C(F)(F)F)CC2)n1. The maximum Gasteiger partial charge on any atom is 0.419 e. The topological polar surface area (TPSA) is 73.3 Å². The Balaban J connectivity index is 1.55. The molecule has 1 aromatic carbocycles. The Morgan fingerprint density at radius 2 is 1.53 bits per heavy atom. The molecule has 0 aliphatic carbocycles. The van der Waals surface area contributed by atoms with Crippen LogP contribution in [0.1, 0.15) is 24.5 Å². The van der Waals surface area contributed by atoms with E-state index < -0.39 is 23.5 Å². The van der Waals surface area contributed by atoms with E-state index in [9.17, 15) is 26.3 Å². The van der Waals surface area contributed by atoms with E-state index in [-0.39, 0.29) is 24.9 Å². The summed E-state index contributed by atoms with van der Waals surface area (Å²) in [7, 11) is 1.81. The third kappa shape index (κ3) is 6.34. The van der Waals surface area contributed by atoms with Crippen molar-refractivity contribution >= 4 is 29.4 Å². The number of nitrogens with one attached hydrogen (secondary N) is 1. The van der Waals surface area contributed by atoms with Gasteiger partial charge in [0.1, 0.15) is 5.82 Å². The first kappa shape index (κ1) is 27.2. The van der Waals surface area contributed by atoms with E-state index in [2.05, 4.69) is 25.3 Å². The number of pyridine rings is 1. The highest BCUT2D eigenvalue weighted by Gasteiger charge is 2.36. The zero-order valence-electron chi connectivity index (χ0n) is 20.7. The minimum Gasteiger partial charge on any atom is -0.353 e. The lowest BCUT2D eigenvalue weighted by Crippen LogP contribution is -2.48. The number of hydrogen-bond donors (Lipinski definition) is 1. The van der Waals surface area contributed by atoms with Gasteiger partial charge in [0.15, 0.2) is 0 Å². The van der Waals surface area contributed by atoms with Gasteiger partial charge in [-0.2, -0.15) is 41.3 Å². The van der Waals surface area contributed by atoms with Crippen molar-refractivity contribution in [1.29, 1.82) is 0 Å². The van der Waals surface area contributed by atoms with E-state index in [1.54, 1.807) is 4.90 Å². The lowest BCUT2D eigenvalue weighted by molar-refractivity contribution is -0.138. The quantitative estimate of drug-likeness (QED) is 0.409. The van der Waals surface area contributed by atoms with Crippen molar-refractivity contribution in [2.45, 2.75) is 25.7 Å². The first-order chi connectivity index (χ1) is 18.0. The molecule has 0 unspecified atom stereocenters. The van der Waals surface area contributed by atoms with Gasteiger partial charge in [0.05, 0.1) is 11.1 Å². The molecule has 0 bridgehead atoms. The Morgan fingerprint density at radius 3 is 2.13 bits per heavy atom. The fraction of sp³-hybridized carbons (Fsp3) is 0.417. The summed E-state index contributed by atoms with van der Waals surface area (Å²) in [6, 6.07) is 6.75. The Bertz CT molecular complexity index is 1220. The van der Waals surface area contributed by atoms with Crippen LogP contribution in [0.15, 0.2) is 42.6 Å². The predicted molar refractivity (Wildman–Crippen MR) is 132 cm³/mol. The summed E-state index contributed by atoms with van der Waals surface area (Å²) in [5, 5.41) is 2.93. The van der Waals surface area contributed by atoms with E-state index in [4.69, 9.17) is 0 Å². The molecule has 38 heavy (non-hydrogen) atoms. The van der Waals surface area contributed by atoms with Crippen LogP contribution in [0.4, 0.5) is 55.7 Å². The van der Waals surface area contributed by atoms with Crippen LogP contribution in [-0.2, 0) is 12.4 Å². The molecule has 1 aliphatic rings. The second-order valence-electron chi connectivity index (χ2n) is 8.73. The largest absolute Gasteiger partial charge is 0.419 e. The summed E-state index contributed by atoms with van der Waals surface area (Å²) < 4.78 is 79.1. The zero-order chi connectivity index (χ0) is 27.5. The van der Waals surface area contributed by atoms with Crippen LogP contribution < -0.4 is 20.0 Å². The van der Waals surface area contributed by atoms with Crippen LogP contribution in [0.25, 0.3) is 0 Å². The lowest BCUT2D eigenvalue weighted by atomic mass is 10.2. The molecule has 14 heteroatoms. The highest BCUT2D eigenvalue weighted by atomic mass is 19.4. The molecule has 0 amide bonds. The van der Waals surface area contributed by atoms with Gasteiger partial charge >= 0.3 is 12.4 Å². The average molecular weight is 541 g/mol. The lowest BCUT2D eigenvalue weighted by Gasteiger charge is -2.36. The van der Waals surface area contributed by atoms with Crippen molar-refractivity contribution in [3.63, 3.8) is 0 Å². The molecule has 1 N–H and O–H groups in total. The molecule has 0 radical (unpaired) electrons. The molecule has 2 aromatic heterocycles. The Morgan fingerprint density at radius 1 is 0.868 bits per heavy atom. The molecular weight excluding hydrogens is 514 g/mol. The number of rotatable bonds is 7. The molecule has 3 heterocycles. The van der Waals surface area contributed by atoms with Gasteiger partial charge in [-0.15, -0.1) is 0 Å². The van der Waals surface area contributed by atoms with Crippen LogP contribution in [0.3, 0.4) is 0 Å².